The van der Waals surface area contributed by atoms with Crippen molar-refractivity contribution in [1.29, 1.82) is 0 Å². The van der Waals surface area contributed by atoms with E-state index < -0.39 is 25.8 Å². The Hall–Kier alpha value is -0.770. The Bertz CT molecular complexity index is 286. The summed E-state index contributed by atoms with van der Waals surface area (Å²) in [7, 11) is -4.55. The Labute approximate surface area is 83.9 Å². The van der Waals surface area contributed by atoms with E-state index in [2.05, 4.69) is 16.4 Å². The summed E-state index contributed by atoms with van der Waals surface area (Å²) >= 11 is 0. The van der Waals surface area contributed by atoms with Crippen LogP contribution in [0.5, 0.6) is 0 Å². The van der Waals surface area contributed by atoms with Crippen LogP contribution in [0.4, 0.5) is 0 Å². The van der Waals surface area contributed by atoms with Gasteiger partial charge in [-0.05, 0) is 13.8 Å². The lowest BCUT2D eigenvalue weighted by Gasteiger charge is -2.23. The van der Waals surface area contributed by atoms with E-state index in [-0.39, 0.29) is 0 Å². The lowest BCUT2D eigenvalue weighted by Crippen LogP contribution is -2.26. The first-order valence-electron chi connectivity index (χ1n) is 3.98. The molecule has 0 saturated carbocycles. The molecule has 0 aromatic heterocycles. The molecule has 0 radical (unpaired) electrons. The summed E-state index contributed by atoms with van der Waals surface area (Å²) in [5.74, 6) is 3.78. The third-order valence-electron chi connectivity index (χ3n) is 1.77. The van der Waals surface area contributed by atoms with Gasteiger partial charge in [0.25, 0.3) is 0 Å². The molecule has 0 fully saturated rings. The highest BCUT2D eigenvalue weighted by Crippen LogP contribution is 2.40. The van der Waals surface area contributed by atoms with Gasteiger partial charge >= 0.3 is 7.82 Å². The van der Waals surface area contributed by atoms with E-state index in [0.717, 1.165) is 0 Å². The summed E-state index contributed by atoms with van der Waals surface area (Å²) < 4.78 is 15.1. The minimum absolute atomic E-state index is 0.450. The Balaban J connectivity index is 4.69. The predicted molar refractivity (Wildman–Crippen MR) is 52.9 cm³/mol. The maximum atomic E-state index is 10.6. The molecule has 0 aliphatic rings. The minimum Gasteiger partial charge on any atom is -0.303 e. The summed E-state index contributed by atoms with van der Waals surface area (Å²) in [6.45, 7) is 3.24. The Morgan fingerprint density at radius 3 is 1.79 bits per heavy atom. The van der Waals surface area contributed by atoms with E-state index in [9.17, 15) is 4.57 Å². The molecule has 0 heterocycles. The first-order chi connectivity index (χ1) is 6.31. The zero-order valence-electron chi connectivity index (χ0n) is 8.04. The molecule has 2 unspecified atom stereocenters. The Kier molecular flexibility index (Phi) is 4.91. The van der Waals surface area contributed by atoms with E-state index in [1.54, 1.807) is 13.8 Å². The van der Waals surface area contributed by atoms with Crippen LogP contribution in [0.3, 0.4) is 0 Å². The molecule has 2 atom stereocenters. The van der Waals surface area contributed by atoms with E-state index in [1.165, 1.54) is 0 Å². The molecule has 0 spiro atoms. The molecular weight excluding hydrogens is 203 g/mol. The van der Waals surface area contributed by atoms with Gasteiger partial charge in [0.05, 0.1) is 6.10 Å². The molecule has 0 rings (SSSR count). The molecule has 0 aliphatic carbocycles. The normalized spacial score (nSPS) is 17.6. The topological polar surface area (TPSA) is 66.8 Å². The van der Waals surface area contributed by atoms with Gasteiger partial charge < -0.3 is 9.79 Å². The van der Waals surface area contributed by atoms with Gasteiger partial charge in [-0.25, -0.2) is 4.57 Å². The zero-order chi connectivity index (χ0) is 11.4. The average Bonchev–Trinajstić information content (AvgIpc) is 2.10. The number of phosphoric ester groups is 1. The first-order valence-corrected chi connectivity index (χ1v) is 5.51. The Morgan fingerprint density at radius 1 is 1.21 bits per heavy atom. The second-order valence-electron chi connectivity index (χ2n) is 2.97. The highest BCUT2D eigenvalue weighted by Gasteiger charge is 2.29. The second-order valence-corrected chi connectivity index (χ2v) is 4.16. The van der Waals surface area contributed by atoms with Gasteiger partial charge in [0.1, 0.15) is 0 Å². The van der Waals surface area contributed by atoms with E-state index >= 15 is 0 Å². The average molecular weight is 216 g/mol. The summed E-state index contributed by atoms with van der Waals surface area (Å²) in [6.07, 6.45) is 9.44. The number of hydrogen-bond acceptors (Lipinski definition) is 2. The van der Waals surface area contributed by atoms with Crippen molar-refractivity contribution in [2.45, 2.75) is 20.0 Å². The van der Waals surface area contributed by atoms with Gasteiger partial charge in [0, 0.05) is 11.8 Å². The van der Waals surface area contributed by atoms with Gasteiger partial charge in [-0.2, -0.15) is 0 Å². The molecule has 5 heteroatoms. The van der Waals surface area contributed by atoms with Crippen molar-refractivity contribution in [3.05, 3.63) is 0 Å². The number of rotatable bonds is 4. The minimum atomic E-state index is -4.55. The number of hydrogen-bond donors (Lipinski definition) is 2. The van der Waals surface area contributed by atoms with Crippen LogP contribution in [0.2, 0.25) is 0 Å². The third kappa shape index (κ3) is 4.46. The molecule has 14 heavy (non-hydrogen) atoms. The van der Waals surface area contributed by atoms with Gasteiger partial charge in [0.2, 0.25) is 0 Å². The molecule has 0 saturated heterocycles. The summed E-state index contributed by atoms with van der Waals surface area (Å²) in [4.78, 5) is 17.3. The number of terminal acetylenes is 2. The molecule has 0 aromatic rings. The number of phosphoric acid groups is 1. The van der Waals surface area contributed by atoms with E-state index in [1.807, 2.05) is 0 Å². The van der Waals surface area contributed by atoms with Crippen molar-refractivity contribution in [2.24, 2.45) is 11.8 Å². The lowest BCUT2D eigenvalue weighted by atomic mass is 9.95. The van der Waals surface area contributed by atoms with Crippen LogP contribution in [-0.2, 0) is 9.09 Å². The molecular formula is C9H13O4P. The quantitative estimate of drug-likeness (QED) is 0.543. The lowest BCUT2D eigenvalue weighted by molar-refractivity contribution is 0.0885. The molecule has 2 N–H and O–H groups in total. The second kappa shape index (κ2) is 5.20. The maximum Gasteiger partial charge on any atom is 0.469 e. The van der Waals surface area contributed by atoms with Crippen LogP contribution in [0, 0.1) is 36.5 Å². The Morgan fingerprint density at radius 2 is 1.57 bits per heavy atom. The van der Waals surface area contributed by atoms with Crippen LogP contribution in [0.15, 0.2) is 0 Å². The SMILES string of the molecule is C#CC(C)C(OP(=O)(O)O)C(C)C#C. The smallest absolute Gasteiger partial charge is 0.303 e. The molecule has 0 amide bonds. The van der Waals surface area contributed by atoms with Gasteiger partial charge in [-0.1, -0.05) is 0 Å². The highest BCUT2D eigenvalue weighted by atomic mass is 31.2. The maximum absolute atomic E-state index is 10.6. The standard InChI is InChI=1S/C9H13O4P/c1-5-7(3)9(8(4)6-2)13-14(10,11)12/h1-2,7-9H,3-4H3,(H2,10,11,12). The fourth-order valence-corrected chi connectivity index (χ4v) is 1.65. The molecule has 78 valence electrons. The van der Waals surface area contributed by atoms with Crippen molar-refractivity contribution in [3.63, 3.8) is 0 Å². The van der Waals surface area contributed by atoms with Gasteiger partial charge in [-0.3, -0.25) is 4.52 Å². The van der Waals surface area contributed by atoms with Crippen molar-refractivity contribution in [3.8, 4) is 24.7 Å². The van der Waals surface area contributed by atoms with E-state index in [0.29, 0.717) is 0 Å². The van der Waals surface area contributed by atoms with Gasteiger partial charge in [-0.15, -0.1) is 24.7 Å². The van der Waals surface area contributed by atoms with Crippen molar-refractivity contribution in [1.82, 2.24) is 0 Å². The summed E-state index contributed by atoms with van der Waals surface area (Å²) in [6, 6.07) is 0. The van der Waals surface area contributed by atoms with Crippen molar-refractivity contribution >= 4 is 7.82 Å². The van der Waals surface area contributed by atoms with Crippen LogP contribution < -0.4 is 0 Å². The van der Waals surface area contributed by atoms with Crippen LogP contribution in [0.25, 0.3) is 0 Å². The summed E-state index contributed by atoms with van der Waals surface area (Å²) in [5, 5.41) is 0. The third-order valence-corrected chi connectivity index (χ3v) is 2.29. The van der Waals surface area contributed by atoms with Crippen LogP contribution in [-0.4, -0.2) is 15.9 Å². The highest BCUT2D eigenvalue weighted by molar-refractivity contribution is 7.46. The molecule has 0 bridgehead atoms. The van der Waals surface area contributed by atoms with Crippen LogP contribution >= 0.6 is 7.82 Å². The predicted octanol–water partition coefficient (Wildman–Crippen LogP) is 1.00. The molecule has 0 aliphatic heterocycles. The van der Waals surface area contributed by atoms with Crippen molar-refractivity contribution < 1.29 is 18.9 Å². The fourth-order valence-electron chi connectivity index (χ4n) is 0.964. The van der Waals surface area contributed by atoms with E-state index in [4.69, 9.17) is 22.6 Å². The first kappa shape index (κ1) is 13.2. The fraction of sp³-hybridized carbons (Fsp3) is 0.556. The van der Waals surface area contributed by atoms with Gasteiger partial charge in [0.15, 0.2) is 0 Å². The summed E-state index contributed by atoms with van der Waals surface area (Å²) in [5.41, 5.74) is 0. The van der Waals surface area contributed by atoms with Crippen molar-refractivity contribution in [2.75, 3.05) is 0 Å². The molecule has 0 aromatic carbocycles. The van der Waals surface area contributed by atoms with Crippen LogP contribution in [0.1, 0.15) is 13.8 Å². The molecule has 4 nitrogen and oxygen atoms in total. The largest absolute Gasteiger partial charge is 0.469 e. The monoisotopic (exact) mass is 216 g/mol. The zero-order valence-corrected chi connectivity index (χ0v) is 8.94.